The summed E-state index contributed by atoms with van der Waals surface area (Å²) in [5.41, 5.74) is 13.4. The molecular weight excluding hydrogens is 608 g/mol. The van der Waals surface area contributed by atoms with Crippen LogP contribution in [0.2, 0.25) is 0 Å². The predicted octanol–water partition coefficient (Wildman–Crippen LogP) is 5.06. The van der Waals surface area contributed by atoms with E-state index in [1.807, 2.05) is 24.3 Å². The van der Waals surface area contributed by atoms with E-state index in [2.05, 4.69) is 66.0 Å². The van der Waals surface area contributed by atoms with Crippen molar-refractivity contribution in [3.8, 4) is 0 Å². The molecule has 4 aromatic rings. The van der Waals surface area contributed by atoms with Crippen LogP contribution in [0.3, 0.4) is 0 Å². The molecule has 0 atom stereocenters. The highest BCUT2D eigenvalue weighted by Crippen LogP contribution is 2.30. The second kappa shape index (κ2) is 15.9. The van der Waals surface area contributed by atoms with E-state index in [0.29, 0.717) is 25.9 Å². The van der Waals surface area contributed by atoms with Gasteiger partial charge in [0, 0.05) is 19.6 Å². The van der Waals surface area contributed by atoms with Crippen molar-refractivity contribution in [2.45, 2.75) is 25.2 Å². The third-order valence-electron chi connectivity index (χ3n) is 6.50. The van der Waals surface area contributed by atoms with E-state index in [0.717, 1.165) is 11.1 Å². The van der Waals surface area contributed by atoms with E-state index < -0.39 is 29.7 Å². The Bertz CT molecular complexity index is 1500. The monoisotopic (exact) mass is 639 g/mol. The molecule has 0 aromatic heterocycles. The Balaban J connectivity index is 0.000000421. The third-order valence-corrected chi connectivity index (χ3v) is 6.50. The summed E-state index contributed by atoms with van der Waals surface area (Å²) < 4.78 is 63.5. The van der Waals surface area contributed by atoms with Gasteiger partial charge in [0.25, 0.3) is 0 Å². The van der Waals surface area contributed by atoms with Crippen LogP contribution in [0.1, 0.15) is 11.1 Å². The molecule has 1 amide bonds. The third kappa shape index (κ3) is 11.1. The number of carbonyl (C=O) groups excluding carboxylic acids is 1. The average Bonchev–Trinajstić information content (AvgIpc) is 2.99. The summed E-state index contributed by atoms with van der Waals surface area (Å²) >= 11 is 0. The van der Waals surface area contributed by atoms with E-state index in [4.69, 9.17) is 31.3 Å². The highest BCUT2D eigenvalue weighted by molar-refractivity contribution is 5.86. The maximum Gasteiger partial charge on any atom is 0.490 e. The van der Waals surface area contributed by atoms with Crippen LogP contribution in [0.4, 0.5) is 26.3 Å². The lowest BCUT2D eigenvalue weighted by Gasteiger charge is -2.32. The van der Waals surface area contributed by atoms with Gasteiger partial charge in [-0.2, -0.15) is 26.3 Å². The smallest absolute Gasteiger partial charge is 0.475 e. The minimum absolute atomic E-state index is 0.0400. The van der Waals surface area contributed by atoms with E-state index in [1.54, 1.807) is 0 Å². The number of aliphatic carboxylic acids is 2. The lowest BCUT2D eigenvalue weighted by molar-refractivity contribution is -0.193. The predicted molar refractivity (Wildman–Crippen MR) is 156 cm³/mol. The number of amides is 1. The van der Waals surface area contributed by atoms with E-state index in [-0.39, 0.29) is 12.5 Å². The normalized spacial score (nSPS) is 11.6. The van der Waals surface area contributed by atoms with Crippen molar-refractivity contribution in [3.63, 3.8) is 0 Å². The van der Waals surface area contributed by atoms with Gasteiger partial charge in [0.2, 0.25) is 5.91 Å². The van der Waals surface area contributed by atoms with Crippen LogP contribution in [0.5, 0.6) is 0 Å². The highest BCUT2D eigenvalue weighted by Gasteiger charge is 2.39. The summed E-state index contributed by atoms with van der Waals surface area (Å²) in [6.45, 7) is 1.09. The molecule has 0 radical (unpaired) electrons. The molecular formula is C31H31F6N3O5. The molecule has 0 aliphatic rings. The fourth-order valence-electron chi connectivity index (χ4n) is 4.31. The Hall–Kier alpha value is -4.69. The number of benzene rings is 4. The second-order valence-corrected chi connectivity index (χ2v) is 9.85. The van der Waals surface area contributed by atoms with Crippen molar-refractivity contribution < 1.29 is 50.9 Å². The maximum absolute atomic E-state index is 13.3. The number of carbonyl (C=O) groups is 3. The van der Waals surface area contributed by atoms with Crippen LogP contribution in [-0.2, 0) is 27.2 Å². The van der Waals surface area contributed by atoms with Gasteiger partial charge in [-0.1, -0.05) is 84.9 Å². The van der Waals surface area contributed by atoms with Gasteiger partial charge in [0.1, 0.15) is 0 Å². The Kier molecular flexibility index (Phi) is 12.9. The molecule has 0 heterocycles. The van der Waals surface area contributed by atoms with Crippen molar-refractivity contribution in [2.75, 3.05) is 19.6 Å². The lowest BCUT2D eigenvalue weighted by atomic mass is 9.75. The van der Waals surface area contributed by atoms with Gasteiger partial charge in [-0.05, 0) is 45.5 Å². The first-order valence-electron chi connectivity index (χ1n) is 13.3. The van der Waals surface area contributed by atoms with E-state index in [1.165, 1.54) is 21.5 Å². The number of carboxylic acids is 2. The summed E-state index contributed by atoms with van der Waals surface area (Å²) in [6.07, 6.45) is -9.03. The second-order valence-electron chi connectivity index (χ2n) is 9.85. The fourth-order valence-corrected chi connectivity index (χ4v) is 4.31. The number of nitrogens with one attached hydrogen (secondary N) is 1. The van der Waals surface area contributed by atoms with E-state index in [9.17, 15) is 31.1 Å². The molecule has 8 nitrogen and oxygen atoms in total. The van der Waals surface area contributed by atoms with Crippen molar-refractivity contribution in [2.24, 2.45) is 16.9 Å². The van der Waals surface area contributed by atoms with Crippen LogP contribution in [0, 0.1) is 5.41 Å². The largest absolute Gasteiger partial charge is 0.490 e. The molecule has 242 valence electrons. The summed E-state index contributed by atoms with van der Waals surface area (Å²) in [4.78, 5) is 31.1. The number of alkyl halides is 6. The Morgan fingerprint density at radius 2 is 0.978 bits per heavy atom. The minimum atomic E-state index is -5.08. The zero-order valence-corrected chi connectivity index (χ0v) is 23.7. The Morgan fingerprint density at radius 3 is 1.29 bits per heavy atom. The highest BCUT2D eigenvalue weighted by atomic mass is 19.4. The molecule has 0 saturated carbocycles. The Labute approximate surface area is 253 Å². The standard InChI is InChI=1S/C27H29N3O.2C2HF3O2/c28-13-14-30-26(31)27(19-29,17-20-9-11-22-5-1-3-7-24(22)15-20)18-21-10-12-23-6-2-4-8-25(23)16-21;2*3-2(4,5)1(6)7/h1-12,15-16H,13-14,17-19,28-29H2,(H,30,31);2*(H,6,7). The summed E-state index contributed by atoms with van der Waals surface area (Å²) in [7, 11) is 0. The molecule has 0 unspecified atom stereocenters. The van der Waals surface area contributed by atoms with Crippen LogP contribution in [-0.4, -0.2) is 60.0 Å². The molecule has 4 rings (SSSR count). The average molecular weight is 640 g/mol. The summed E-state index contributed by atoms with van der Waals surface area (Å²) in [5, 5.41) is 22.0. The number of halogens is 6. The van der Waals surface area contributed by atoms with Crippen molar-refractivity contribution in [1.29, 1.82) is 0 Å². The number of nitrogens with two attached hydrogens (primary N) is 2. The van der Waals surface area contributed by atoms with Crippen molar-refractivity contribution >= 4 is 39.4 Å². The van der Waals surface area contributed by atoms with Gasteiger partial charge in [-0.3, -0.25) is 4.79 Å². The van der Waals surface area contributed by atoms with Crippen molar-refractivity contribution in [3.05, 3.63) is 96.1 Å². The quantitative estimate of drug-likeness (QED) is 0.169. The topological polar surface area (TPSA) is 156 Å². The van der Waals surface area contributed by atoms with Gasteiger partial charge >= 0.3 is 24.3 Å². The zero-order chi connectivity index (χ0) is 33.8. The zero-order valence-electron chi connectivity index (χ0n) is 23.7. The van der Waals surface area contributed by atoms with E-state index >= 15 is 0 Å². The first kappa shape index (κ1) is 36.5. The molecule has 0 spiro atoms. The van der Waals surface area contributed by atoms with Crippen LogP contribution in [0.15, 0.2) is 84.9 Å². The molecule has 0 fully saturated rings. The van der Waals surface area contributed by atoms with Crippen LogP contribution >= 0.6 is 0 Å². The van der Waals surface area contributed by atoms with Crippen LogP contribution in [0.25, 0.3) is 21.5 Å². The molecule has 0 saturated heterocycles. The lowest BCUT2D eigenvalue weighted by Crippen LogP contribution is -2.50. The number of fused-ring (bicyclic) bond motifs is 2. The maximum atomic E-state index is 13.3. The molecule has 4 aromatic carbocycles. The van der Waals surface area contributed by atoms with Gasteiger partial charge in [-0.15, -0.1) is 0 Å². The minimum Gasteiger partial charge on any atom is -0.475 e. The SMILES string of the molecule is NCCNC(=O)C(CN)(Cc1ccc2ccccc2c1)Cc1ccc2ccccc2c1.O=C(O)C(F)(F)F.O=C(O)C(F)(F)F. The van der Waals surface area contributed by atoms with Gasteiger partial charge in [-0.25, -0.2) is 9.59 Å². The number of hydrogen-bond donors (Lipinski definition) is 5. The summed E-state index contributed by atoms with van der Waals surface area (Å²) in [6, 6.07) is 29.3. The fraction of sp³-hybridized carbons (Fsp3) is 0.258. The van der Waals surface area contributed by atoms with Crippen LogP contribution < -0.4 is 16.8 Å². The van der Waals surface area contributed by atoms with Crippen molar-refractivity contribution in [1.82, 2.24) is 5.32 Å². The number of carboxylic acid groups (broad SMARTS) is 2. The Morgan fingerprint density at radius 1 is 0.622 bits per heavy atom. The van der Waals surface area contributed by atoms with Gasteiger partial charge < -0.3 is 27.0 Å². The number of rotatable bonds is 8. The summed E-state index contributed by atoms with van der Waals surface area (Å²) in [5.74, 6) is -5.55. The molecule has 14 heteroatoms. The van der Waals surface area contributed by atoms with Gasteiger partial charge in [0.05, 0.1) is 5.41 Å². The molecule has 0 aliphatic carbocycles. The van der Waals surface area contributed by atoms with Gasteiger partial charge in [0.15, 0.2) is 0 Å². The molecule has 0 aliphatic heterocycles. The molecule has 0 bridgehead atoms. The molecule has 45 heavy (non-hydrogen) atoms. The first-order chi connectivity index (χ1) is 21.0. The number of hydrogen-bond acceptors (Lipinski definition) is 5. The molecule has 7 N–H and O–H groups in total. The first-order valence-corrected chi connectivity index (χ1v) is 13.3.